The Balaban J connectivity index is 2.57. The van der Waals surface area contributed by atoms with Crippen LogP contribution in [0.4, 0.5) is 10.5 Å². The van der Waals surface area contributed by atoms with E-state index in [2.05, 4.69) is 10.6 Å². The Labute approximate surface area is 227 Å². The van der Waals surface area contributed by atoms with Crippen LogP contribution in [0, 0.1) is 13.8 Å². The number of aryl methyl sites for hydroxylation is 2. The molecule has 0 aliphatic rings. The van der Waals surface area contributed by atoms with Crippen LogP contribution in [0.15, 0.2) is 42.5 Å². The van der Waals surface area contributed by atoms with E-state index >= 15 is 0 Å². The number of hydrogen-bond donors (Lipinski definition) is 2. The van der Waals surface area contributed by atoms with Crippen molar-refractivity contribution in [2.24, 2.45) is 0 Å². The molecule has 0 saturated carbocycles. The normalized spacial score (nSPS) is 13.2. The molecule has 0 aliphatic carbocycles. The molecule has 2 unspecified atom stereocenters. The van der Waals surface area contributed by atoms with Crippen LogP contribution in [0.5, 0.6) is 5.75 Å². The lowest BCUT2D eigenvalue weighted by molar-refractivity contribution is -0.147. The highest BCUT2D eigenvalue weighted by Gasteiger charge is 2.42. The van der Waals surface area contributed by atoms with Gasteiger partial charge in [0.05, 0.1) is 7.11 Å². The summed E-state index contributed by atoms with van der Waals surface area (Å²) in [6, 6.07) is 10.9. The number of benzene rings is 2. The summed E-state index contributed by atoms with van der Waals surface area (Å²) < 4.78 is 10.6. The van der Waals surface area contributed by atoms with Gasteiger partial charge in [-0.15, -0.1) is 0 Å². The summed E-state index contributed by atoms with van der Waals surface area (Å²) in [7, 11) is 1.58. The lowest BCUT2D eigenvalue weighted by atomic mass is 9.90. The minimum atomic E-state index is -0.956. The molecule has 0 heterocycles. The number of nitrogens with zero attached hydrogens (tertiary/aromatic N) is 1. The van der Waals surface area contributed by atoms with Crippen molar-refractivity contribution < 1.29 is 23.9 Å². The van der Waals surface area contributed by atoms with Crippen LogP contribution >= 0.6 is 0 Å². The predicted octanol–water partition coefficient (Wildman–Crippen LogP) is 5.92. The first-order valence-corrected chi connectivity index (χ1v) is 12.9. The molecule has 8 heteroatoms. The van der Waals surface area contributed by atoms with Crippen molar-refractivity contribution in [1.82, 2.24) is 10.2 Å². The van der Waals surface area contributed by atoms with E-state index in [4.69, 9.17) is 9.47 Å². The molecular formula is C30H43N3O5. The van der Waals surface area contributed by atoms with Crippen molar-refractivity contribution in [3.05, 3.63) is 59.2 Å². The molecule has 0 fully saturated rings. The molecule has 8 nitrogen and oxygen atoms in total. The minimum absolute atomic E-state index is 0.360. The molecule has 3 amide bonds. The average molecular weight is 526 g/mol. The molecule has 2 atom stereocenters. The maximum absolute atomic E-state index is 14.0. The van der Waals surface area contributed by atoms with E-state index in [1.54, 1.807) is 64.0 Å². The lowest BCUT2D eigenvalue weighted by Crippen LogP contribution is -2.58. The predicted molar refractivity (Wildman–Crippen MR) is 150 cm³/mol. The number of ether oxygens (including phenoxy) is 2. The van der Waals surface area contributed by atoms with Crippen LogP contribution in [0.25, 0.3) is 0 Å². The molecule has 0 bridgehead atoms. The summed E-state index contributed by atoms with van der Waals surface area (Å²) in [4.78, 5) is 42.1. The monoisotopic (exact) mass is 525 g/mol. The maximum atomic E-state index is 14.0. The molecule has 2 aromatic carbocycles. The van der Waals surface area contributed by atoms with E-state index in [-0.39, 0.29) is 5.91 Å². The highest BCUT2D eigenvalue weighted by molar-refractivity contribution is 5.99. The van der Waals surface area contributed by atoms with Crippen LogP contribution in [0.2, 0.25) is 0 Å². The zero-order chi connectivity index (χ0) is 28.8. The van der Waals surface area contributed by atoms with Gasteiger partial charge in [-0.1, -0.05) is 30.7 Å². The number of alkyl carbamates (subject to hydrolysis) is 1. The van der Waals surface area contributed by atoms with Gasteiger partial charge in [-0.05, 0) is 97.2 Å². The third-order valence-electron chi connectivity index (χ3n) is 6.44. The number of carbonyl (C=O) groups is 3. The number of nitrogens with one attached hydrogen (secondary N) is 2. The van der Waals surface area contributed by atoms with E-state index < -0.39 is 35.2 Å². The van der Waals surface area contributed by atoms with Gasteiger partial charge in [0, 0.05) is 11.2 Å². The molecule has 2 aromatic rings. The van der Waals surface area contributed by atoms with Crippen LogP contribution in [0.1, 0.15) is 77.6 Å². The quantitative estimate of drug-likeness (QED) is 0.423. The summed E-state index contributed by atoms with van der Waals surface area (Å²) in [6.07, 6.45) is -0.117. The maximum Gasteiger partial charge on any atom is 0.408 e. The fraction of sp³-hybridized carbons (Fsp3) is 0.500. The van der Waals surface area contributed by atoms with E-state index in [9.17, 15) is 14.4 Å². The second-order valence-corrected chi connectivity index (χ2v) is 11.2. The largest absolute Gasteiger partial charge is 0.497 e. The van der Waals surface area contributed by atoms with Crippen molar-refractivity contribution in [3.63, 3.8) is 0 Å². The average Bonchev–Trinajstić information content (AvgIpc) is 2.81. The molecule has 38 heavy (non-hydrogen) atoms. The Kier molecular flexibility index (Phi) is 9.95. The number of hydrogen-bond acceptors (Lipinski definition) is 5. The van der Waals surface area contributed by atoms with Gasteiger partial charge in [0.15, 0.2) is 0 Å². The fourth-order valence-electron chi connectivity index (χ4n) is 4.12. The SMILES string of the molecule is CCC(C)(C)N(C(=O)C(C)NC(=O)OC(C)(C)C)C(C(=O)Nc1ccc(OC)cc1)c1ccc(C)cc1C. The first-order chi connectivity index (χ1) is 17.6. The summed E-state index contributed by atoms with van der Waals surface area (Å²) in [6.45, 7) is 16.6. The van der Waals surface area contributed by atoms with E-state index in [0.29, 0.717) is 23.4 Å². The number of methoxy groups -OCH3 is 1. The zero-order valence-corrected chi connectivity index (χ0v) is 24.4. The Morgan fingerprint density at radius 1 is 0.974 bits per heavy atom. The van der Waals surface area contributed by atoms with Crippen molar-refractivity contribution in [2.75, 3.05) is 12.4 Å². The van der Waals surface area contributed by atoms with E-state index in [1.165, 1.54) is 0 Å². The number of anilines is 1. The molecule has 2 rings (SSSR count). The summed E-state index contributed by atoms with van der Waals surface area (Å²) in [5.41, 5.74) is 1.79. The number of rotatable bonds is 9. The third-order valence-corrected chi connectivity index (χ3v) is 6.44. The van der Waals surface area contributed by atoms with Gasteiger partial charge in [-0.3, -0.25) is 9.59 Å². The smallest absolute Gasteiger partial charge is 0.408 e. The Morgan fingerprint density at radius 2 is 1.58 bits per heavy atom. The fourth-order valence-corrected chi connectivity index (χ4v) is 4.12. The summed E-state index contributed by atoms with van der Waals surface area (Å²) in [5.74, 6) is -0.0843. The zero-order valence-electron chi connectivity index (χ0n) is 24.4. The third kappa shape index (κ3) is 7.97. The molecule has 0 aliphatic heterocycles. The summed E-state index contributed by atoms with van der Waals surface area (Å²) >= 11 is 0. The molecule has 0 saturated heterocycles. The lowest BCUT2D eigenvalue weighted by Gasteiger charge is -2.44. The minimum Gasteiger partial charge on any atom is -0.497 e. The van der Waals surface area contributed by atoms with Crippen molar-refractivity contribution in [2.45, 2.75) is 92.0 Å². The second-order valence-electron chi connectivity index (χ2n) is 11.2. The van der Waals surface area contributed by atoms with Crippen LogP contribution in [0.3, 0.4) is 0 Å². The molecule has 0 aromatic heterocycles. The second kappa shape index (κ2) is 12.3. The van der Waals surface area contributed by atoms with E-state index in [1.807, 2.05) is 52.8 Å². The van der Waals surface area contributed by atoms with Gasteiger partial charge in [0.2, 0.25) is 5.91 Å². The van der Waals surface area contributed by atoms with Crippen molar-refractivity contribution in [3.8, 4) is 5.75 Å². The van der Waals surface area contributed by atoms with Gasteiger partial charge in [0.1, 0.15) is 23.4 Å². The Morgan fingerprint density at radius 3 is 2.08 bits per heavy atom. The van der Waals surface area contributed by atoms with Gasteiger partial charge >= 0.3 is 6.09 Å². The Hall–Kier alpha value is -3.55. The van der Waals surface area contributed by atoms with Crippen LogP contribution in [-0.2, 0) is 14.3 Å². The first kappa shape index (κ1) is 30.7. The van der Waals surface area contributed by atoms with Crippen LogP contribution < -0.4 is 15.4 Å². The van der Waals surface area contributed by atoms with Gasteiger partial charge < -0.3 is 25.0 Å². The van der Waals surface area contributed by atoms with Gasteiger partial charge in [-0.2, -0.15) is 0 Å². The topological polar surface area (TPSA) is 97.0 Å². The van der Waals surface area contributed by atoms with Gasteiger partial charge in [-0.25, -0.2) is 4.79 Å². The van der Waals surface area contributed by atoms with E-state index in [0.717, 1.165) is 11.1 Å². The number of carbonyl (C=O) groups excluding carboxylic acids is 3. The van der Waals surface area contributed by atoms with Crippen molar-refractivity contribution >= 4 is 23.6 Å². The number of amides is 3. The van der Waals surface area contributed by atoms with Gasteiger partial charge in [0.25, 0.3) is 5.91 Å². The Bertz CT molecular complexity index is 1140. The molecule has 0 spiro atoms. The van der Waals surface area contributed by atoms with Crippen LogP contribution in [-0.4, -0.2) is 47.1 Å². The van der Waals surface area contributed by atoms with Crippen molar-refractivity contribution in [1.29, 1.82) is 0 Å². The molecular weight excluding hydrogens is 482 g/mol. The molecule has 208 valence electrons. The summed E-state index contributed by atoms with van der Waals surface area (Å²) in [5, 5.41) is 5.62. The highest BCUT2D eigenvalue weighted by Crippen LogP contribution is 2.34. The highest BCUT2D eigenvalue weighted by atomic mass is 16.6. The first-order valence-electron chi connectivity index (χ1n) is 12.9. The molecule has 2 N–H and O–H groups in total. The standard InChI is InChI=1S/C30H43N3O5/c1-11-30(8,9)33(27(35)21(4)31-28(36)38-29(5,6)7)25(24-17-12-19(2)18-20(24)3)26(34)32-22-13-15-23(37-10)16-14-22/h12-18,21,25H,11H2,1-10H3,(H,31,36)(H,32,34). The molecule has 0 radical (unpaired) electrons.